The summed E-state index contributed by atoms with van der Waals surface area (Å²) >= 11 is 3.52. The molecule has 0 amide bonds. The van der Waals surface area contributed by atoms with E-state index in [9.17, 15) is 0 Å². The van der Waals surface area contributed by atoms with Gasteiger partial charge in [-0.1, -0.05) is 0 Å². The van der Waals surface area contributed by atoms with E-state index >= 15 is 0 Å². The molecule has 16 heavy (non-hydrogen) atoms. The fourth-order valence-electron chi connectivity index (χ4n) is 1.76. The smallest absolute Gasteiger partial charge is 0.0758 e. The van der Waals surface area contributed by atoms with Crippen molar-refractivity contribution in [1.82, 2.24) is 20.1 Å². The summed E-state index contributed by atoms with van der Waals surface area (Å²) in [6, 6.07) is 4.12. The highest BCUT2D eigenvalue weighted by Crippen LogP contribution is 2.27. The molecule has 0 aliphatic carbocycles. The van der Waals surface area contributed by atoms with Crippen LogP contribution in [0.25, 0.3) is 0 Å². The average Bonchev–Trinajstić information content (AvgIpc) is 2.63. The zero-order valence-corrected chi connectivity index (χ0v) is 10.8. The van der Waals surface area contributed by atoms with Gasteiger partial charge in [-0.15, -0.1) is 0 Å². The third kappa shape index (κ3) is 2.01. The molecule has 0 spiro atoms. The van der Waals surface area contributed by atoms with Crippen molar-refractivity contribution in [2.24, 2.45) is 7.05 Å². The molecular weight excluding hydrogens is 268 g/mol. The van der Waals surface area contributed by atoms with Crippen molar-refractivity contribution in [3.8, 4) is 0 Å². The van der Waals surface area contributed by atoms with Gasteiger partial charge in [-0.3, -0.25) is 9.67 Å². The average molecular weight is 281 g/mol. The number of aryl methyl sites for hydroxylation is 1. The molecule has 0 saturated heterocycles. The first-order chi connectivity index (χ1) is 7.74. The zero-order valence-electron chi connectivity index (χ0n) is 9.18. The molecule has 2 aromatic rings. The molecule has 1 unspecified atom stereocenters. The lowest BCUT2D eigenvalue weighted by molar-refractivity contribution is 0.603. The Balaban J connectivity index is 2.45. The number of pyridine rings is 1. The molecule has 0 bridgehead atoms. The highest BCUT2D eigenvalue weighted by Gasteiger charge is 2.18. The topological polar surface area (TPSA) is 42.7 Å². The van der Waals surface area contributed by atoms with Crippen LogP contribution in [-0.2, 0) is 7.05 Å². The second-order valence-electron chi connectivity index (χ2n) is 3.50. The van der Waals surface area contributed by atoms with Gasteiger partial charge in [-0.2, -0.15) is 5.10 Å². The number of hydrogen-bond donors (Lipinski definition) is 1. The van der Waals surface area contributed by atoms with Crippen LogP contribution in [0, 0.1) is 0 Å². The molecule has 2 heterocycles. The van der Waals surface area contributed by atoms with Crippen LogP contribution < -0.4 is 5.32 Å². The first-order valence-corrected chi connectivity index (χ1v) is 5.78. The Hall–Kier alpha value is -1.20. The van der Waals surface area contributed by atoms with E-state index in [2.05, 4.69) is 31.3 Å². The van der Waals surface area contributed by atoms with Gasteiger partial charge < -0.3 is 5.32 Å². The van der Waals surface area contributed by atoms with Crippen LogP contribution in [0.2, 0.25) is 0 Å². The predicted octanol–water partition coefficient (Wildman–Crippen LogP) is 1.89. The summed E-state index contributed by atoms with van der Waals surface area (Å²) in [5, 5.41) is 7.51. The number of nitrogens with one attached hydrogen (secondary N) is 1. The molecule has 0 radical (unpaired) electrons. The third-order valence-corrected chi connectivity index (χ3v) is 3.15. The largest absolute Gasteiger partial charge is 0.308 e. The van der Waals surface area contributed by atoms with Crippen LogP contribution in [0.4, 0.5) is 0 Å². The normalized spacial score (nSPS) is 12.7. The minimum absolute atomic E-state index is 0.116. The maximum atomic E-state index is 4.22. The highest BCUT2D eigenvalue weighted by molar-refractivity contribution is 9.10. The van der Waals surface area contributed by atoms with Crippen LogP contribution in [-0.4, -0.2) is 21.8 Å². The molecule has 1 N–H and O–H groups in total. The van der Waals surface area contributed by atoms with E-state index in [1.807, 2.05) is 30.9 Å². The molecule has 5 heteroatoms. The molecule has 84 valence electrons. The lowest BCUT2D eigenvalue weighted by atomic mass is 10.1. The maximum Gasteiger partial charge on any atom is 0.0758 e. The minimum Gasteiger partial charge on any atom is -0.308 e. The first kappa shape index (κ1) is 11.3. The molecule has 0 aromatic carbocycles. The summed E-state index contributed by atoms with van der Waals surface area (Å²) in [5.41, 5.74) is 2.27. The molecule has 2 aromatic heterocycles. The van der Waals surface area contributed by atoms with Crippen molar-refractivity contribution in [3.63, 3.8) is 0 Å². The number of aromatic nitrogens is 3. The number of halogens is 1. The van der Waals surface area contributed by atoms with Crippen molar-refractivity contribution < 1.29 is 0 Å². The van der Waals surface area contributed by atoms with Crippen LogP contribution in [0.1, 0.15) is 17.3 Å². The predicted molar refractivity (Wildman–Crippen MR) is 66.0 cm³/mol. The second kappa shape index (κ2) is 4.76. The van der Waals surface area contributed by atoms with Gasteiger partial charge in [0.05, 0.1) is 22.4 Å². The van der Waals surface area contributed by atoms with Gasteiger partial charge in [0.15, 0.2) is 0 Å². The Kier molecular flexibility index (Phi) is 3.36. The van der Waals surface area contributed by atoms with Gasteiger partial charge >= 0.3 is 0 Å². The summed E-state index contributed by atoms with van der Waals surface area (Å²) in [4.78, 5) is 4.03. The summed E-state index contributed by atoms with van der Waals surface area (Å²) in [7, 11) is 3.87. The zero-order chi connectivity index (χ0) is 11.5. The van der Waals surface area contributed by atoms with Crippen molar-refractivity contribution in [2.75, 3.05) is 7.05 Å². The number of hydrogen-bond acceptors (Lipinski definition) is 3. The van der Waals surface area contributed by atoms with Gasteiger partial charge in [0.1, 0.15) is 0 Å². The van der Waals surface area contributed by atoms with Crippen molar-refractivity contribution >= 4 is 15.9 Å². The minimum atomic E-state index is 0.116. The highest BCUT2D eigenvalue weighted by atomic mass is 79.9. The second-order valence-corrected chi connectivity index (χ2v) is 4.36. The van der Waals surface area contributed by atoms with E-state index in [0.717, 1.165) is 10.2 Å². The van der Waals surface area contributed by atoms with Crippen molar-refractivity contribution in [2.45, 2.75) is 6.04 Å². The Morgan fingerprint density at radius 3 is 2.56 bits per heavy atom. The Morgan fingerprint density at radius 1 is 1.38 bits per heavy atom. The van der Waals surface area contributed by atoms with Crippen LogP contribution in [0.3, 0.4) is 0 Å². The van der Waals surface area contributed by atoms with Crippen LogP contribution in [0.5, 0.6) is 0 Å². The third-order valence-electron chi connectivity index (χ3n) is 2.54. The monoisotopic (exact) mass is 280 g/mol. The molecule has 0 aliphatic heterocycles. The summed E-state index contributed by atoms with van der Waals surface area (Å²) < 4.78 is 2.87. The summed E-state index contributed by atoms with van der Waals surface area (Å²) in [6.45, 7) is 0. The molecule has 0 aliphatic rings. The molecule has 4 nitrogen and oxygen atoms in total. The lowest BCUT2D eigenvalue weighted by Gasteiger charge is -2.17. The fraction of sp³-hybridized carbons (Fsp3) is 0.273. The summed E-state index contributed by atoms with van der Waals surface area (Å²) in [5.74, 6) is 0. The van der Waals surface area contributed by atoms with E-state index in [0.29, 0.717) is 0 Å². The lowest BCUT2D eigenvalue weighted by Crippen LogP contribution is -2.21. The van der Waals surface area contributed by atoms with E-state index in [1.165, 1.54) is 5.56 Å². The maximum absolute atomic E-state index is 4.22. The fourth-order valence-corrected chi connectivity index (χ4v) is 2.34. The van der Waals surface area contributed by atoms with E-state index < -0.39 is 0 Å². The van der Waals surface area contributed by atoms with Gasteiger partial charge in [-0.05, 0) is 40.7 Å². The van der Waals surface area contributed by atoms with Crippen molar-refractivity contribution in [1.29, 1.82) is 0 Å². The van der Waals surface area contributed by atoms with Gasteiger partial charge in [-0.25, -0.2) is 0 Å². The van der Waals surface area contributed by atoms with Crippen LogP contribution in [0.15, 0.2) is 35.2 Å². The van der Waals surface area contributed by atoms with E-state index in [1.54, 1.807) is 18.6 Å². The van der Waals surface area contributed by atoms with E-state index in [4.69, 9.17) is 0 Å². The first-order valence-electron chi connectivity index (χ1n) is 4.98. The molecule has 0 saturated carbocycles. The SMILES string of the molecule is CNC(c1ccncc1)c1c(Br)cnn1C. The number of rotatable bonds is 3. The molecule has 0 fully saturated rings. The van der Waals surface area contributed by atoms with Gasteiger partial charge in [0.2, 0.25) is 0 Å². The molecule has 1 atom stereocenters. The van der Waals surface area contributed by atoms with Crippen LogP contribution >= 0.6 is 15.9 Å². The number of nitrogens with zero attached hydrogens (tertiary/aromatic N) is 3. The summed E-state index contributed by atoms with van der Waals surface area (Å²) in [6.07, 6.45) is 5.40. The Labute approximate surface area is 103 Å². The Morgan fingerprint density at radius 2 is 2.06 bits per heavy atom. The quantitative estimate of drug-likeness (QED) is 0.934. The molecule has 2 rings (SSSR count). The Bertz CT molecular complexity index is 447. The van der Waals surface area contributed by atoms with Gasteiger partial charge in [0.25, 0.3) is 0 Å². The van der Waals surface area contributed by atoms with E-state index in [-0.39, 0.29) is 6.04 Å². The van der Waals surface area contributed by atoms with Crippen molar-refractivity contribution in [3.05, 3.63) is 46.5 Å². The molecular formula is C11H13BrN4. The van der Waals surface area contributed by atoms with Gasteiger partial charge in [0, 0.05) is 19.4 Å². The standard InChI is InChI=1S/C11H13BrN4/c1-13-10(8-3-5-14-6-4-8)11-9(12)7-15-16(11)2/h3-7,10,13H,1-2H3.